The summed E-state index contributed by atoms with van der Waals surface area (Å²) in [6, 6.07) is 3.66. The molecule has 1 amide bonds. The number of amides is 1. The number of nitrogens with one attached hydrogen (secondary N) is 1. The predicted octanol–water partition coefficient (Wildman–Crippen LogP) is 1.33. The first-order valence-electron chi connectivity index (χ1n) is 5.56. The van der Waals surface area contributed by atoms with Gasteiger partial charge in [-0.2, -0.15) is 0 Å². The fraction of sp³-hybridized carbons (Fsp3) is 0.385. The summed E-state index contributed by atoms with van der Waals surface area (Å²) < 4.78 is 5.27. The number of pyridine rings is 1. The van der Waals surface area contributed by atoms with Crippen molar-refractivity contribution in [1.29, 1.82) is 0 Å². The van der Waals surface area contributed by atoms with E-state index in [2.05, 4.69) is 16.9 Å². The summed E-state index contributed by atoms with van der Waals surface area (Å²) in [5.74, 6) is -0.00451. The van der Waals surface area contributed by atoms with Gasteiger partial charge in [0.15, 0.2) is 0 Å². The Morgan fingerprint density at radius 2 is 2.18 bits per heavy atom. The lowest BCUT2D eigenvalue weighted by Gasteiger charge is -2.06. The van der Waals surface area contributed by atoms with Gasteiger partial charge in [-0.3, -0.25) is 9.78 Å². The molecule has 0 aromatic carbocycles. The first kappa shape index (κ1) is 13.4. The van der Waals surface area contributed by atoms with Crippen LogP contribution < -0.4 is 5.32 Å². The Hall–Kier alpha value is -1.68. The number of hydrogen-bond donors (Lipinski definition) is 1. The molecule has 1 rings (SSSR count). The molecule has 0 radical (unpaired) electrons. The van der Waals surface area contributed by atoms with Gasteiger partial charge in [-0.05, 0) is 24.6 Å². The van der Waals surface area contributed by atoms with E-state index >= 15 is 0 Å². The number of carbonyl (C=O) groups is 1. The topological polar surface area (TPSA) is 51.2 Å². The average molecular weight is 234 g/mol. The highest BCUT2D eigenvalue weighted by Crippen LogP contribution is 1.96. The molecule has 1 heterocycles. The lowest BCUT2D eigenvalue weighted by Crippen LogP contribution is -2.28. The molecule has 0 fully saturated rings. The van der Waals surface area contributed by atoms with Crippen LogP contribution in [0.5, 0.6) is 0 Å². The monoisotopic (exact) mass is 234 g/mol. The largest absolute Gasteiger partial charge is 0.375 e. The van der Waals surface area contributed by atoms with Crippen LogP contribution in [0.25, 0.3) is 0 Å². The van der Waals surface area contributed by atoms with Crippen molar-refractivity contribution in [3.05, 3.63) is 42.2 Å². The number of carbonyl (C=O) groups excluding carboxylic acids is 1. The van der Waals surface area contributed by atoms with Gasteiger partial charge >= 0.3 is 0 Å². The quantitative estimate of drug-likeness (QED) is 0.572. The summed E-state index contributed by atoms with van der Waals surface area (Å²) in [5, 5.41) is 2.79. The summed E-state index contributed by atoms with van der Waals surface area (Å²) in [5.41, 5.74) is 1.94. The van der Waals surface area contributed by atoms with E-state index in [1.807, 2.05) is 19.1 Å². The third kappa shape index (κ3) is 6.48. The van der Waals surface area contributed by atoms with Crippen LogP contribution in [0, 0.1) is 0 Å². The molecule has 4 nitrogen and oxygen atoms in total. The summed E-state index contributed by atoms with van der Waals surface area (Å²) in [7, 11) is 0. The van der Waals surface area contributed by atoms with Crippen LogP contribution in [0.15, 0.2) is 36.7 Å². The smallest absolute Gasteiger partial charge is 0.224 e. The van der Waals surface area contributed by atoms with Crippen molar-refractivity contribution in [2.75, 3.05) is 19.8 Å². The Balaban J connectivity index is 2.12. The van der Waals surface area contributed by atoms with Crippen LogP contribution in [-0.2, 0) is 16.0 Å². The summed E-state index contributed by atoms with van der Waals surface area (Å²) in [6.07, 6.45) is 3.74. The van der Waals surface area contributed by atoms with Crippen LogP contribution in [-0.4, -0.2) is 30.6 Å². The third-order valence-corrected chi connectivity index (χ3v) is 2.03. The third-order valence-electron chi connectivity index (χ3n) is 2.03. The zero-order chi connectivity index (χ0) is 12.5. The zero-order valence-electron chi connectivity index (χ0n) is 10.1. The molecule has 92 valence electrons. The minimum Gasteiger partial charge on any atom is -0.375 e. The Labute approximate surface area is 102 Å². The van der Waals surface area contributed by atoms with Crippen LogP contribution >= 0.6 is 0 Å². The van der Waals surface area contributed by atoms with Crippen molar-refractivity contribution < 1.29 is 9.53 Å². The number of ether oxygens (including phenoxy) is 1. The van der Waals surface area contributed by atoms with Crippen molar-refractivity contribution in [3.8, 4) is 0 Å². The van der Waals surface area contributed by atoms with Crippen LogP contribution in [0.4, 0.5) is 0 Å². The van der Waals surface area contributed by atoms with Crippen LogP contribution in [0.3, 0.4) is 0 Å². The summed E-state index contributed by atoms with van der Waals surface area (Å²) >= 11 is 0. The van der Waals surface area contributed by atoms with E-state index in [4.69, 9.17) is 4.74 Å². The fourth-order valence-electron chi connectivity index (χ4n) is 1.26. The molecule has 4 heteroatoms. The first-order chi connectivity index (χ1) is 8.18. The maximum absolute atomic E-state index is 11.5. The molecule has 0 aliphatic rings. The van der Waals surface area contributed by atoms with Gasteiger partial charge in [0.2, 0.25) is 5.91 Å². The lowest BCUT2D eigenvalue weighted by atomic mass is 10.2. The molecule has 0 saturated carbocycles. The van der Waals surface area contributed by atoms with Gasteiger partial charge in [0.25, 0.3) is 0 Å². The molecule has 1 N–H and O–H groups in total. The summed E-state index contributed by atoms with van der Waals surface area (Å²) in [6.45, 7) is 7.21. The summed E-state index contributed by atoms with van der Waals surface area (Å²) in [4.78, 5) is 15.4. The molecule has 0 unspecified atom stereocenters. The van der Waals surface area contributed by atoms with Gasteiger partial charge in [-0.25, -0.2) is 0 Å². The SMILES string of the molecule is C=C(C)COCCNC(=O)Cc1ccncc1. The molecule has 17 heavy (non-hydrogen) atoms. The Morgan fingerprint density at radius 1 is 1.47 bits per heavy atom. The van der Waals surface area contributed by atoms with E-state index < -0.39 is 0 Å². The standard InChI is InChI=1S/C13H18N2O2/c1-11(2)10-17-8-7-15-13(16)9-12-3-5-14-6-4-12/h3-6H,1,7-10H2,2H3,(H,15,16). The number of hydrogen-bond acceptors (Lipinski definition) is 3. The number of aromatic nitrogens is 1. The molecular weight excluding hydrogens is 216 g/mol. The molecular formula is C13H18N2O2. The molecule has 0 atom stereocenters. The van der Waals surface area contributed by atoms with Crippen LogP contribution in [0.1, 0.15) is 12.5 Å². The second kappa shape index (κ2) is 7.57. The highest BCUT2D eigenvalue weighted by molar-refractivity contribution is 5.78. The van der Waals surface area contributed by atoms with Gasteiger partial charge in [-0.1, -0.05) is 12.2 Å². The minimum absolute atomic E-state index is 0.00451. The predicted molar refractivity (Wildman–Crippen MR) is 66.6 cm³/mol. The average Bonchev–Trinajstić information content (AvgIpc) is 2.29. The van der Waals surface area contributed by atoms with Crippen molar-refractivity contribution in [3.63, 3.8) is 0 Å². The second-order valence-corrected chi connectivity index (χ2v) is 3.89. The van der Waals surface area contributed by atoms with Gasteiger partial charge in [0.05, 0.1) is 19.6 Å². The van der Waals surface area contributed by atoms with Gasteiger partial charge in [-0.15, -0.1) is 0 Å². The molecule has 1 aromatic heterocycles. The maximum atomic E-state index is 11.5. The van der Waals surface area contributed by atoms with Crippen molar-refractivity contribution in [1.82, 2.24) is 10.3 Å². The Morgan fingerprint density at radius 3 is 2.82 bits per heavy atom. The fourth-order valence-corrected chi connectivity index (χ4v) is 1.26. The van der Waals surface area contributed by atoms with Gasteiger partial charge in [0.1, 0.15) is 0 Å². The maximum Gasteiger partial charge on any atom is 0.224 e. The normalized spacial score (nSPS) is 9.94. The van der Waals surface area contributed by atoms with Gasteiger partial charge < -0.3 is 10.1 Å². The van der Waals surface area contributed by atoms with E-state index in [-0.39, 0.29) is 5.91 Å². The van der Waals surface area contributed by atoms with Crippen molar-refractivity contribution in [2.24, 2.45) is 0 Å². The van der Waals surface area contributed by atoms with Crippen molar-refractivity contribution in [2.45, 2.75) is 13.3 Å². The zero-order valence-corrected chi connectivity index (χ0v) is 10.1. The highest BCUT2D eigenvalue weighted by atomic mass is 16.5. The molecule has 0 aliphatic heterocycles. The molecule has 1 aromatic rings. The molecule has 0 spiro atoms. The van der Waals surface area contributed by atoms with E-state index in [0.717, 1.165) is 11.1 Å². The molecule has 0 aliphatic carbocycles. The lowest BCUT2D eigenvalue weighted by molar-refractivity contribution is -0.120. The molecule has 0 bridgehead atoms. The number of nitrogens with zero attached hydrogens (tertiary/aromatic N) is 1. The van der Waals surface area contributed by atoms with E-state index in [1.54, 1.807) is 12.4 Å². The van der Waals surface area contributed by atoms with E-state index in [1.165, 1.54) is 0 Å². The first-order valence-corrected chi connectivity index (χ1v) is 5.56. The minimum atomic E-state index is -0.00451. The number of rotatable bonds is 7. The van der Waals surface area contributed by atoms with E-state index in [0.29, 0.717) is 26.2 Å². The van der Waals surface area contributed by atoms with E-state index in [9.17, 15) is 4.79 Å². The highest BCUT2D eigenvalue weighted by Gasteiger charge is 2.01. The Kier molecular flexibility index (Phi) is 5.96. The second-order valence-electron chi connectivity index (χ2n) is 3.89. The Bertz CT molecular complexity index is 363. The molecule has 0 saturated heterocycles. The van der Waals surface area contributed by atoms with Crippen molar-refractivity contribution >= 4 is 5.91 Å². The van der Waals surface area contributed by atoms with Crippen LogP contribution in [0.2, 0.25) is 0 Å². The van der Waals surface area contributed by atoms with Gasteiger partial charge in [0, 0.05) is 18.9 Å².